The third kappa shape index (κ3) is 1.29. The van der Waals surface area contributed by atoms with Crippen molar-refractivity contribution < 1.29 is 9.53 Å². The molecule has 0 aromatic rings. The van der Waals surface area contributed by atoms with Gasteiger partial charge in [-0.05, 0) is 13.3 Å². The van der Waals surface area contributed by atoms with E-state index in [0.717, 1.165) is 17.9 Å². The summed E-state index contributed by atoms with van der Waals surface area (Å²) in [6.45, 7) is 4.00. The predicted octanol–water partition coefficient (Wildman–Crippen LogP) is 0.774. The summed E-state index contributed by atoms with van der Waals surface area (Å²) < 4.78 is 5.06. The summed E-state index contributed by atoms with van der Waals surface area (Å²) in [6, 6.07) is 0. The minimum absolute atomic E-state index is 0.0533. The Bertz CT molecular complexity index is 184. The Labute approximate surface area is 60.1 Å². The van der Waals surface area contributed by atoms with Gasteiger partial charge in [-0.25, -0.2) is 0 Å². The molecule has 1 aliphatic rings. The van der Waals surface area contributed by atoms with Gasteiger partial charge in [-0.1, -0.05) is 6.92 Å². The van der Waals surface area contributed by atoms with Crippen LogP contribution in [-0.4, -0.2) is 12.5 Å². The third-order valence-electron chi connectivity index (χ3n) is 1.49. The van der Waals surface area contributed by atoms with Gasteiger partial charge in [0, 0.05) is 0 Å². The second kappa shape index (κ2) is 2.73. The van der Waals surface area contributed by atoms with Gasteiger partial charge in [0.1, 0.15) is 5.76 Å². The van der Waals surface area contributed by atoms with Crippen molar-refractivity contribution >= 4 is 5.91 Å². The number of nitrogens with one attached hydrogen (secondary N) is 1. The van der Waals surface area contributed by atoms with Gasteiger partial charge in [0.15, 0.2) is 6.61 Å². The van der Waals surface area contributed by atoms with Crippen LogP contribution in [0.4, 0.5) is 0 Å². The van der Waals surface area contributed by atoms with Gasteiger partial charge >= 0.3 is 0 Å². The van der Waals surface area contributed by atoms with Gasteiger partial charge in [-0.3, -0.25) is 4.79 Å². The van der Waals surface area contributed by atoms with Gasteiger partial charge in [0.2, 0.25) is 0 Å². The number of carbonyl (C=O) groups excluding carboxylic acids is 1. The first-order valence-electron chi connectivity index (χ1n) is 3.36. The Balaban J connectivity index is 2.72. The van der Waals surface area contributed by atoms with E-state index >= 15 is 0 Å². The zero-order valence-corrected chi connectivity index (χ0v) is 6.23. The first-order chi connectivity index (χ1) is 4.74. The van der Waals surface area contributed by atoms with Crippen molar-refractivity contribution in [1.29, 1.82) is 0 Å². The quantitative estimate of drug-likeness (QED) is 0.585. The Morgan fingerprint density at radius 3 is 2.90 bits per heavy atom. The molecule has 0 aromatic carbocycles. The van der Waals surface area contributed by atoms with E-state index in [1.54, 1.807) is 0 Å². The Morgan fingerprint density at radius 2 is 2.40 bits per heavy atom. The molecular weight excluding hydrogens is 130 g/mol. The van der Waals surface area contributed by atoms with Crippen molar-refractivity contribution in [3.05, 3.63) is 11.5 Å². The predicted molar refractivity (Wildman–Crippen MR) is 37.1 cm³/mol. The number of hydrogen-bond acceptors (Lipinski definition) is 2. The van der Waals surface area contributed by atoms with Crippen molar-refractivity contribution in [3.8, 4) is 0 Å². The lowest BCUT2D eigenvalue weighted by molar-refractivity contribution is -0.125. The molecule has 1 amide bonds. The average Bonchev–Trinajstić information content (AvgIpc) is 1.94. The highest BCUT2D eigenvalue weighted by Gasteiger charge is 2.13. The molecule has 0 atom stereocenters. The molecule has 56 valence electrons. The van der Waals surface area contributed by atoms with Crippen molar-refractivity contribution in [3.63, 3.8) is 0 Å². The summed E-state index contributed by atoms with van der Waals surface area (Å²) in [5.74, 6) is 0.782. The van der Waals surface area contributed by atoms with Crippen LogP contribution in [0, 0.1) is 0 Å². The molecule has 0 aromatic heterocycles. The Kier molecular flexibility index (Phi) is 1.94. The summed E-state index contributed by atoms with van der Waals surface area (Å²) in [4.78, 5) is 10.7. The molecule has 10 heavy (non-hydrogen) atoms. The van der Waals surface area contributed by atoms with Crippen molar-refractivity contribution in [2.75, 3.05) is 6.61 Å². The molecule has 3 heteroatoms. The molecule has 1 N–H and O–H groups in total. The van der Waals surface area contributed by atoms with Gasteiger partial charge < -0.3 is 10.1 Å². The van der Waals surface area contributed by atoms with E-state index in [1.165, 1.54) is 0 Å². The molecule has 3 nitrogen and oxygen atoms in total. The number of rotatable bonds is 1. The first kappa shape index (κ1) is 7.12. The van der Waals surface area contributed by atoms with Crippen molar-refractivity contribution in [2.24, 2.45) is 0 Å². The maximum absolute atomic E-state index is 10.7. The van der Waals surface area contributed by atoms with Crippen LogP contribution >= 0.6 is 0 Å². The second-order valence-electron chi connectivity index (χ2n) is 2.23. The van der Waals surface area contributed by atoms with E-state index < -0.39 is 0 Å². The number of carbonyl (C=O) groups is 1. The lowest BCUT2D eigenvalue weighted by atomic mass is 10.3. The summed E-state index contributed by atoms with van der Waals surface area (Å²) in [5.41, 5.74) is 0.899. The van der Waals surface area contributed by atoms with E-state index in [9.17, 15) is 4.79 Å². The molecule has 0 unspecified atom stereocenters. The van der Waals surface area contributed by atoms with Gasteiger partial charge in [-0.15, -0.1) is 0 Å². The third-order valence-corrected chi connectivity index (χ3v) is 1.49. The molecule has 0 saturated carbocycles. The number of hydrogen-bond donors (Lipinski definition) is 1. The minimum atomic E-state index is -0.0533. The summed E-state index contributed by atoms with van der Waals surface area (Å²) >= 11 is 0. The first-order valence-corrected chi connectivity index (χ1v) is 3.36. The van der Waals surface area contributed by atoms with Crippen LogP contribution in [0.3, 0.4) is 0 Å². The van der Waals surface area contributed by atoms with Crippen LogP contribution in [0.25, 0.3) is 0 Å². The molecule has 0 bridgehead atoms. The zero-order valence-electron chi connectivity index (χ0n) is 6.23. The van der Waals surface area contributed by atoms with E-state index in [1.807, 2.05) is 13.8 Å². The van der Waals surface area contributed by atoms with Crippen molar-refractivity contribution in [1.82, 2.24) is 5.32 Å². The largest absolute Gasteiger partial charge is 0.487 e. The van der Waals surface area contributed by atoms with Crippen LogP contribution in [0.2, 0.25) is 0 Å². The maximum atomic E-state index is 10.7. The van der Waals surface area contributed by atoms with Gasteiger partial charge in [0.05, 0.1) is 5.70 Å². The normalized spacial score (nSPS) is 18.4. The molecule has 0 spiro atoms. The standard InChI is InChI=1S/C7H11NO2/c1-3-6-5(2)10-4-7(9)8-6/h3-4H2,1-2H3,(H,8,9). The molecular formula is C7H11NO2. The topological polar surface area (TPSA) is 38.3 Å². The molecule has 1 aliphatic heterocycles. The van der Waals surface area contributed by atoms with E-state index in [0.29, 0.717) is 0 Å². The van der Waals surface area contributed by atoms with Crippen LogP contribution in [-0.2, 0) is 9.53 Å². The summed E-state index contributed by atoms with van der Waals surface area (Å²) in [5, 5.41) is 2.73. The fourth-order valence-corrected chi connectivity index (χ4v) is 0.891. The van der Waals surface area contributed by atoms with Crippen LogP contribution in [0.5, 0.6) is 0 Å². The van der Waals surface area contributed by atoms with E-state index in [4.69, 9.17) is 4.74 Å². The van der Waals surface area contributed by atoms with Crippen molar-refractivity contribution in [2.45, 2.75) is 20.3 Å². The lowest BCUT2D eigenvalue weighted by Gasteiger charge is -2.18. The molecule has 1 rings (SSSR count). The van der Waals surface area contributed by atoms with Crippen LogP contribution in [0.1, 0.15) is 20.3 Å². The highest BCUT2D eigenvalue weighted by Crippen LogP contribution is 2.09. The van der Waals surface area contributed by atoms with E-state index in [2.05, 4.69) is 5.32 Å². The van der Waals surface area contributed by atoms with Gasteiger partial charge in [-0.2, -0.15) is 0 Å². The Morgan fingerprint density at radius 1 is 1.70 bits per heavy atom. The average molecular weight is 141 g/mol. The monoisotopic (exact) mass is 141 g/mol. The number of ether oxygens (including phenoxy) is 1. The number of allylic oxidation sites excluding steroid dienone is 2. The van der Waals surface area contributed by atoms with Gasteiger partial charge in [0.25, 0.3) is 5.91 Å². The fraction of sp³-hybridized carbons (Fsp3) is 0.571. The van der Waals surface area contributed by atoms with Crippen LogP contribution < -0.4 is 5.32 Å². The smallest absolute Gasteiger partial charge is 0.262 e. The highest BCUT2D eigenvalue weighted by atomic mass is 16.5. The molecule has 1 heterocycles. The fourth-order valence-electron chi connectivity index (χ4n) is 0.891. The molecule has 0 saturated heterocycles. The zero-order chi connectivity index (χ0) is 7.56. The second-order valence-corrected chi connectivity index (χ2v) is 2.23. The van der Waals surface area contributed by atoms with E-state index in [-0.39, 0.29) is 12.5 Å². The summed E-state index contributed by atoms with van der Waals surface area (Å²) in [6.07, 6.45) is 0.817. The number of amides is 1. The SMILES string of the molecule is CCC1=C(C)OCC(=O)N1. The Hall–Kier alpha value is -0.990. The molecule has 0 fully saturated rings. The summed E-state index contributed by atoms with van der Waals surface area (Å²) in [7, 11) is 0. The molecule has 0 radical (unpaired) electrons. The highest BCUT2D eigenvalue weighted by molar-refractivity contribution is 5.80. The lowest BCUT2D eigenvalue weighted by Crippen LogP contribution is -2.32. The minimum Gasteiger partial charge on any atom is -0.487 e. The molecule has 0 aliphatic carbocycles. The maximum Gasteiger partial charge on any atom is 0.262 e. The van der Waals surface area contributed by atoms with Crippen LogP contribution in [0.15, 0.2) is 11.5 Å².